The van der Waals surface area contributed by atoms with E-state index in [-0.39, 0.29) is 18.1 Å². The SMILES string of the molecule is CCOC(=O)c1nc(C)n(Cc2ccc(C#N)cc2)c1N. The number of anilines is 1. The number of benzene rings is 1. The fourth-order valence-electron chi connectivity index (χ4n) is 2.00. The highest BCUT2D eigenvalue weighted by Crippen LogP contribution is 2.17. The zero-order valence-corrected chi connectivity index (χ0v) is 12.0. The molecule has 6 heteroatoms. The van der Waals surface area contributed by atoms with Gasteiger partial charge >= 0.3 is 5.97 Å². The van der Waals surface area contributed by atoms with Crippen LogP contribution in [0.1, 0.15) is 34.4 Å². The molecular formula is C15H16N4O2. The van der Waals surface area contributed by atoms with E-state index in [1.54, 1.807) is 30.5 Å². The van der Waals surface area contributed by atoms with Crippen molar-refractivity contribution in [1.29, 1.82) is 5.26 Å². The lowest BCUT2D eigenvalue weighted by Gasteiger charge is -2.08. The van der Waals surface area contributed by atoms with Gasteiger partial charge in [-0.25, -0.2) is 9.78 Å². The summed E-state index contributed by atoms with van der Waals surface area (Å²) in [5.41, 5.74) is 7.70. The third kappa shape index (κ3) is 3.03. The lowest BCUT2D eigenvalue weighted by molar-refractivity contribution is 0.0521. The molecule has 2 N–H and O–H groups in total. The van der Waals surface area contributed by atoms with Crippen molar-refractivity contribution >= 4 is 11.8 Å². The highest BCUT2D eigenvalue weighted by molar-refractivity contribution is 5.92. The topological polar surface area (TPSA) is 93.9 Å². The predicted molar refractivity (Wildman–Crippen MR) is 77.6 cm³/mol. The Labute approximate surface area is 122 Å². The van der Waals surface area contributed by atoms with E-state index in [1.807, 2.05) is 12.1 Å². The van der Waals surface area contributed by atoms with Gasteiger partial charge in [-0.2, -0.15) is 5.26 Å². The van der Waals surface area contributed by atoms with Crippen LogP contribution >= 0.6 is 0 Å². The van der Waals surface area contributed by atoms with E-state index in [4.69, 9.17) is 15.7 Å². The molecule has 108 valence electrons. The minimum atomic E-state index is -0.517. The van der Waals surface area contributed by atoms with Gasteiger partial charge in [0, 0.05) is 0 Å². The molecule has 6 nitrogen and oxygen atoms in total. The summed E-state index contributed by atoms with van der Waals surface area (Å²) in [6.45, 7) is 4.27. The monoisotopic (exact) mass is 284 g/mol. The zero-order chi connectivity index (χ0) is 15.4. The van der Waals surface area contributed by atoms with Crippen molar-refractivity contribution in [3.8, 4) is 6.07 Å². The molecule has 2 rings (SSSR count). The van der Waals surface area contributed by atoms with Gasteiger partial charge in [0.2, 0.25) is 0 Å². The predicted octanol–water partition coefficient (Wildman–Crippen LogP) is 1.87. The number of nitrogen functional groups attached to an aromatic ring is 1. The first-order chi connectivity index (χ1) is 10.1. The van der Waals surface area contributed by atoms with E-state index in [1.165, 1.54) is 0 Å². The number of nitriles is 1. The Morgan fingerprint density at radius 2 is 2.10 bits per heavy atom. The summed E-state index contributed by atoms with van der Waals surface area (Å²) >= 11 is 0. The molecule has 0 bridgehead atoms. The molecular weight excluding hydrogens is 268 g/mol. The number of hydrogen-bond donors (Lipinski definition) is 1. The molecule has 0 saturated heterocycles. The summed E-state index contributed by atoms with van der Waals surface area (Å²) in [6.07, 6.45) is 0. The molecule has 0 fully saturated rings. The van der Waals surface area contributed by atoms with Gasteiger partial charge < -0.3 is 15.0 Å². The molecule has 0 amide bonds. The fourth-order valence-corrected chi connectivity index (χ4v) is 2.00. The molecule has 0 radical (unpaired) electrons. The second-order valence-corrected chi connectivity index (χ2v) is 4.51. The van der Waals surface area contributed by atoms with E-state index < -0.39 is 5.97 Å². The van der Waals surface area contributed by atoms with Crippen LogP contribution in [0.2, 0.25) is 0 Å². The van der Waals surface area contributed by atoms with Gasteiger partial charge in [0.05, 0.1) is 24.8 Å². The van der Waals surface area contributed by atoms with Crippen LogP contribution in [0.5, 0.6) is 0 Å². The second kappa shape index (κ2) is 6.09. The number of hydrogen-bond acceptors (Lipinski definition) is 5. The van der Waals surface area contributed by atoms with Crippen LogP contribution in [-0.4, -0.2) is 22.1 Å². The third-order valence-corrected chi connectivity index (χ3v) is 3.09. The minimum absolute atomic E-state index is 0.142. The normalized spacial score (nSPS) is 10.1. The number of aromatic nitrogens is 2. The Morgan fingerprint density at radius 3 is 2.67 bits per heavy atom. The Hall–Kier alpha value is -2.81. The first-order valence-corrected chi connectivity index (χ1v) is 6.55. The zero-order valence-electron chi connectivity index (χ0n) is 12.0. The molecule has 0 unspecified atom stereocenters. The second-order valence-electron chi connectivity index (χ2n) is 4.51. The first kappa shape index (κ1) is 14.6. The molecule has 2 aromatic rings. The Kier molecular flexibility index (Phi) is 4.24. The lowest BCUT2D eigenvalue weighted by atomic mass is 10.1. The van der Waals surface area contributed by atoms with Crippen LogP contribution in [-0.2, 0) is 11.3 Å². The van der Waals surface area contributed by atoms with Gasteiger partial charge in [-0.05, 0) is 31.5 Å². The van der Waals surface area contributed by atoms with E-state index in [0.717, 1.165) is 5.56 Å². The van der Waals surface area contributed by atoms with Crippen LogP contribution in [0.25, 0.3) is 0 Å². The van der Waals surface area contributed by atoms with Crippen molar-refractivity contribution in [2.45, 2.75) is 20.4 Å². The Morgan fingerprint density at radius 1 is 1.43 bits per heavy atom. The largest absolute Gasteiger partial charge is 0.461 e. The summed E-state index contributed by atoms with van der Waals surface area (Å²) in [5.74, 6) is 0.409. The molecule has 1 aromatic heterocycles. The molecule has 0 aliphatic carbocycles. The fraction of sp³-hybridized carbons (Fsp3) is 0.267. The summed E-state index contributed by atoms with van der Waals surface area (Å²) < 4.78 is 6.67. The van der Waals surface area contributed by atoms with Crippen LogP contribution in [0.15, 0.2) is 24.3 Å². The van der Waals surface area contributed by atoms with E-state index >= 15 is 0 Å². The van der Waals surface area contributed by atoms with Crippen molar-refractivity contribution in [1.82, 2.24) is 9.55 Å². The summed E-state index contributed by atoms with van der Waals surface area (Å²) in [4.78, 5) is 15.9. The molecule has 0 aliphatic rings. The molecule has 0 spiro atoms. The maximum atomic E-state index is 11.8. The minimum Gasteiger partial charge on any atom is -0.461 e. The molecule has 1 aromatic carbocycles. The summed E-state index contributed by atoms with van der Waals surface area (Å²) in [6, 6.07) is 9.25. The van der Waals surface area contributed by atoms with Crippen molar-refractivity contribution in [2.75, 3.05) is 12.3 Å². The Bertz CT molecular complexity index is 696. The average molecular weight is 284 g/mol. The van der Waals surface area contributed by atoms with Gasteiger partial charge in [-0.3, -0.25) is 0 Å². The number of imidazole rings is 1. The van der Waals surface area contributed by atoms with Gasteiger partial charge in [0.1, 0.15) is 11.6 Å². The summed E-state index contributed by atoms with van der Waals surface area (Å²) in [5, 5.41) is 8.78. The number of aryl methyl sites for hydroxylation is 1. The average Bonchev–Trinajstić information content (AvgIpc) is 2.76. The molecule has 0 saturated carbocycles. The molecule has 0 aliphatic heterocycles. The molecule has 1 heterocycles. The van der Waals surface area contributed by atoms with Crippen LogP contribution in [0.4, 0.5) is 5.82 Å². The highest BCUT2D eigenvalue weighted by Gasteiger charge is 2.19. The van der Waals surface area contributed by atoms with E-state index in [2.05, 4.69) is 11.1 Å². The standard InChI is InChI=1S/C15H16N4O2/c1-3-21-15(20)13-14(17)19(10(2)18-13)9-12-6-4-11(8-16)5-7-12/h4-7H,3,9,17H2,1-2H3. The van der Waals surface area contributed by atoms with Crippen molar-refractivity contribution in [2.24, 2.45) is 0 Å². The maximum absolute atomic E-state index is 11.8. The molecule has 21 heavy (non-hydrogen) atoms. The molecule has 0 atom stereocenters. The number of esters is 1. The number of carbonyl (C=O) groups excluding carboxylic acids is 1. The highest BCUT2D eigenvalue weighted by atomic mass is 16.5. The van der Waals surface area contributed by atoms with Gasteiger partial charge in [0.25, 0.3) is 0 Å². The maximum Gasteiger partial charge on any atom is 0.360 e. The number of nitrogens with zero attached hydrogens (tertiary/aromatic N) is 3. The lowest BCUT2D eigenvalue weighted by Crippen LogP contribution is -2.10. The number of ether oxygens (including phenoxy) is 1. The number of carbonyl (C=O) groups is 1. The van der Waals surface area contributed by atoms with Crippen LogP contribution in [0, 0.1) is 18.3 Å². The van der Waals surface area contributed by atoms with E-state index in [9.17, 15) is 4.79 Å². The van der Waals surface area contributed by atoms with Crippen LogP contribution < -0.4 is 5.73 Å². The van der Waals surface area contributed by atoms with Crippen molar-refractivity contribution in [3.63, 3.8) is 0 Å². The van der Waals surface area contributed by atoms with Gasteiger partial charge in [-0.1, -0.05) is 12.1 Å². The van der Waals surface area contributed by atoms with Crippen molar-refractivity contribution < 1.29 is 9.53 Å². The quantitative estimate of drug-likeness (QED) is 0.865. The number of rotatable bonds is 4. The summed E-state index contributed by atoms with van der Waals surface area (Å²) in [7, 11) is 0. The Balaban J connectivity index is 2.28. The van der Waals surface area contributed by atoms with Crippen molar-refractivity contribution in [3.05, 3.63) is 46.9 Å². The number of nitrogens with two attached hydrogens (primary N) is 1. The third-order valence-electron chi connectivity index (χ3n) is 3.09. The first-order valence-electron chi connectivity index (χ1n) is 6.55. The van der Waals surface area contributed by atoms with Gasteiger partial charge in [-0.15, -0.1) is 0 Å². The smallest absolute Gasteiger partial charge is 0.360 e. The van der Waals surface area contributed by atoms with Crippen LogP contribution in [0.3, 0.4) is 0 Å². The van der Waals surface area contributed by atoms with Gasteiger partial charge in [0.15, 0.2) is 5.69 Å². The van der Waals surface area contributed by atoms with E-state index in [0.29, 0.717) is 17.9 Å².